The first-order valence-electron chi connectivity index (χ1n) is 19.4. The summed E-state index contributed by atoms with van der Waals surface area (Å²) in [5, 5.41) is 0. The molecule has 6 rings (SSSR count). The van der Waals surface area contributed by atoms with Crippen LogP contribution in [0.25, 0.3) is 0 Å². The molecule has 6 aliphatic rings. The molecule has 0 amide bonds. The molecule has 6 aliphatic heterocycles. The van der Waals surface area contributed by atoms with Gasteiger partial charge in [0.05, 0.1) is 0 Å². The summed E-state index contributed by atoms with van der Waals surface area (Å²) in [6, 6.07) is 0. The lowest BCUT2D eigenvalue weighted by molar-refractivity contribution is -0.600. The van der Waals surface area contributed by atoms with Gasteiger partial charge in [0, 0.05) is 0 Å². The fourth-order valence-corrected chi connectivity index (χ4v) is 5.65. The smallest absolute Gasteiger partial charge is 0.395 e. The van der Waals surface area contributed by atoms with E-state index in [1.807, 2.05) is 0 Å². The number of ether oxygens (including phenoxy) is 13. The van der Waals surface area contributed by atoms with E-state index in [9.17, 15) is 202 Å². The van der Waals surface area contributed by atoms with Crippen molar-refractivity contribution in [2.75, 3.05) is 6.67 Å². The Morgan fingerprint density at radius 2 is 0.429 bits per heavy atom. The highest BCUT2D eigenvalue weighted by molar-refractivity contribution is 5.17. The molecular formula is C32H2F46O13. The van der Waals surface area contributed by atoms with Crippen LogP contribution >= 0.6 is 0 Å². The summed E-state index contributed by atoms with van der Waals surface area (Å²) < 4.78 is 625. The van der Waals surface area contributed by atoms with Crippen LogP contribution in [0.1, 0.15) is 0 Å². The van der Waals surface area contributed by atoms with Crippen molar-refractivity contribution in [3.8, 4) is 0 Å². The molecule has 6 saturated heterocycles. The second-order valence-electron chi connectivity index (χ2n) is 15.4. The number of hydrogen-bond donors (Lipinski definition) is 0. The molecule has 1 spiro atoms. The monoisotopic (exact) mass is 1470 g/mol. The van der Waals surface area contributed by atoms with Crippen molar-refractivity contribution in [3.63, 3.8) is 0 Å². The van der Waals surface area contributed by atoms with Gasteiger partial charge >= 0.3 is 186 Å². The molecule has 0 saturated carbocycles. The van der Waals surface area contributed by atoms with Gasteiger partial charge < -0.3 is 56.8 Å². The van der Waals surface area contributed by atoms with Gasteiger partial charge in [0.15, 0.2) is 6.67 Å². The highest BCUT2D eigenvalue weighted by Crippen LogP contribution is 2.72. The van der Waals surface area contributed by atoms with E-state index in [1.165, 1.54) is 0 Å². The van der Waals surface area contributed by atoms with Gasteiger partial charge in [-0.3, -0.25) is 4.74 Å². The molecule has 0 aromatic carbocycles. The fourth-order valence-electron chi connectivity index (χ4n) is 5.65. The Balaban J connectivity index is 0.000000324. The molecular weight excluding hydrogens is 1470 g/mol. The molecule has 530 valence electrons. The van der Waals surface area contributed by atoms with Crippen LogP contribution in [-0.4, -0.2) is 115 Å². The first-order chi connectivity index (χ1) is 39.8. The minimum absolute atomic E-state index is 2.26. The summed E-state index contributed by atoms with van der Waals surface area (Å²) in [6.07, 6.45) is -98.5. The zero-order valence-electron chi connectivity index (χ0n) is 38.9. The summed E-state index contributed by atoms with van der Waals surface area (Å²) in [4.78, 5) is 0. The van der Waals surface area contributed by atoms with Crippen LogP contribution < -0.4 is 0 Å². The standard InChI is InChI=1S/C10F14O5.C9F12O4.C8H2F12O2.C5F8O2/c11-1(12)3-25-7(17,18)5(15,8(19,20)26-3)29-6(16)9(21,22)27-4(2(13)14)28-10(6,23)24;10-1(11)3-22-6(14,15)5(7(16,17)23-3)8(18,19)24-4(2(12)13)25-9(5,20)21;9-1-4(12,13)6(15,16)5(14)7(17,18)21-3(2(10)11)22-8(5,19)20;6-1(7)2-14-4(10,11)3(8,9)5(12,13)15-2/h;;1H2;. The van der Waals surface area contributed by atoms with Crippen LogP contribution in [0.4, 0.5) is 202 Å². The Morgan fingerprint density at radius 1 is 0.264 bits per heavy atom. The zero-order valence-corrected chi connectivity index (χ0v) is 38.9. The summed E-state index contributed by atoms with van der Waals surface area (Å²) in [5.74, 6) is -51.1. The molecule has 0 bridgehead atoms. The third kappa shape index (κ3) is 12.0. The van der Waals surface area contributed by atoms with E-state index in [2.05, 4.69) is 61.6 Å². The van der Waals surface area contributed by atoms with Crippen LogP contribution in [0.15, 0.2) is 72.2 Å². The summed E-state index contributed by atoms with van der Waals surface area (Å²) in [5.41, 5.74) is -13.6. The highest BCUT2D eigenvalue weighted by atomic mass is 19.4. The molecule has 59 heteroatoms. The van der Waals surface area contributed by atoms with E-state index in [1.54, 1.807) is 0 Å². The maximum absolute atomic E-state index is 14.1. The van der Waals surface area contributed by atoms with Crippen LogP contribution in [0.5, 0.6) is 0 Å². The van der Waals surface area contributed by atoms with E-state index in [4.69, 9.17) is 0 Å². The molecule has 91 heavy (non-hydrogen) atoms. The van der Waals surface area contributed by atoms with E-state index < -0.39 is 193 Å². The SMILES string of the molecule is FC(F)=C1OC(F)(F)C(F)(F)C(F)(F)O1.FC(F)=C1OC(F)(F)C(F)(OC2(F)C(F)(F)OC(=C(F)F)OC2(F)F)C(F)(F)O1.FC(F)=C1OC(F)(F)C2(C(F)(F)O1)C(F)(F)OC(=C(F)F)OC2(F)F.FCC(F)(F)C(F)(F)C1(F)C(F)(F)OC(=C(F)F)OC1(F)F. The molecule has 0 aromatic heterocycles. The summed E-state index contributed by atoms with van der Waals surface area (Å²) in [7, 11) is 0. The number of alkyl halides is 34. The van der Waals surface area contributed by atoms with Crippen molar-refractivity contribution in [1.82, 2.24) is 0 Å². The third-order valence-electron chi connectivity index (χ3n) is 9.69. The van der Waals surface area contributed by atoms with Gasteiger partial charge in [0.25, 0.3) is 0 Å². The van der Waals surface area contributed by atoms with Crippen LogP contribution in [0.2, 0.25) is 0 Å². The quantitative estimate of drug-likeness (QED) is 0.243. The molecule has 6 fully saturated rings. The lowest BCUT2D eigenvalue weighted by atomic mass is 9.80. The normalized spacial score (nSPS) is 30.7. The van der Waals surface area contributed by atoms with E-state index >= 15 is 0 Å². The molecule has 0 aliphatic carbocycles. The van der Waals surface area contributed by atoms with Crippen LogP contribution in [-0.2, 0) is 61.6 Å². The molecule has 0 radical (unpaired) electrons. The van der Waals surface area contributed by atoms with Gasteiger partial charge in [0.2, 0.25) is 0 Å². The lowest BCUT2D eigenvalue weighted by Gasteiger charge is -2.52. The fraction of sp³-hybridized carbons (Fsp3) is 0.625. The number of rotatable bonds is 5. The average molecular weight is 1470 g/mol. The highest BCUT2D eigenvalue weighted by Gasteiger charge is 3.01. The van der Waals surface area contributed by atoms with Gasteiger partial charge in [-0.05, 0) is 0 Å². The molecule has 0 aromatic rings. The van der Waals surface area contributed by atoms with Gasteiger partial charge in [0.1, 0.15) is 0 Å². The Kier molecular flexibility index (Phi) is 19.3. The third-order valence-corrected chi connectivity index (χ3v) is 9.69. The Morgan fingerprint density at radius 3 is 0.604 bits per heavy atom. The Hall–Kier alpha value is -7.22. The van der Waals surface area contributed by atoms with E-state index in [0.717, 1.165) is 0 Å². The molecule has 6 heterocycles. The Bertz CT molecular complexity index is 2700. The van der Waals surface area contributed by atoms with E-state index in [-0.39, 0.29) is 0 Å². The minimum atomic E-state index is -7.10. The average Bonchev–Trinajstić information content (AvgIpc) is 0.680. The summed E-state index contributed by atoms with van der Waals surface area (Å²) >= 11 is 0. The molecule has 13 nitrogen and oxygen atoms in total. The lowest BCUT2D eigenvalue weighted by Crippen LogP contribution is -2.78. The van der Waals surface area contributed by atoms with Crippen LogP contribution in [0, 0.1) is 5.41 Å². The minimum Gasteiger partial charge on any atom is -0.395 e. The second-order valence-corrected chi connectivity index (χ2v) is 15.4. The number of hydrogen-bond acceptors (Lipinski definition) is 13. The summed E-state index contributed by atoms with van der Waals surface area (Å²) in [6.45, 7) is -3.52. The van der Waals surface area contributed by atoms with Gasteiger partial charge in [-0.25, -0.2) is 8.78 Å². The zero-order chi connectivity index (χ0) is 72.3. The first-order valence-corrected chi connectivity index (χ1v) is 19.4. The van der Waals surface area contributed by atoms with E-state index in [0.29, 0.717) is 0 Å². The topological polar surface area (TPSA) is 120 Å². The van der Waals surface area contributed by atoms with Crippen molar-refractivity contribution in [2.24, 2.45) is 5.41 Å². The number of halogens is 46. The van der Waals surface area contributed by atoms with Gasteiger partial charge in [-0.2, -0.15) is 193 Å². The van der Waals surface area contributed by atoms with Crippen molar-refractivity contribution < 1.29 is 264 Å². The maximum Gasteiger partial charge on any atom is 0.477 e. The van der Waals surface area contributed by atoms with Crippen LogP contribution in [0.3, 0.4) is 0 Å². The largest absolute Gasteiger partial charge is 0.477 e. The Labute approximate surface area is 457 Å². The molecule has 0 unspecified atom stereocenters. The van der Waals surface area contributed by atoms with Gasteiger partial charge in [-0.15, -0.1) is 0 Å². The van der Waals surface area contributed by atoms with Crippen molar-refractivity contribution in [1.29, 1.82) is 0 Å². The molecule has 0 N–H and O–H groups in total. The second kappa shape index (κ2) is 22.5. The predicted molar refractivity (Wildman–Crippen MR) is 164 cm³/mol. The van der Waals surface area contributed by atoms with Crippen molar-refractivity contribution in [3.05, 3.63) is 72.2 Å². The van der Waals surface area contributed by atoms with Gasteiger partial charge in [-0.1, -0.05) is 0 Å². The van der Waals surface area contributed by atoms with Crippen molar-refractivity contribution in [2.45, 2.75) is 108 Å². The predicted octanol–water partition coefficient (Wildman–Crippen LogP) is 16.7. The van der Waals surface area contributed by atoms with Crippen molar-refractivity contribution >= 4 is 0 Å². The maximum atomic E-state index is 14.1. The first kappa shape index (κ1) is 78.0. The molecule has 0 atom stereocenters.